The van der Waals surface area contributed by atoms with E-state index in [4.69, 9.17) is 9.97 Å². The van der Waals surface area contributed by atoms with Crippen molar-refractivity contribution in [3.63, 3.8) is 0 Å². The van der Waals surface area contributed by atoms with Crippen LogP contribution in [0, 0.1) is 0 Å². The quantitative estimate of drug-likeness (QED) is 0.190. The Morgan fingerprint density at radius 3 is 0.854 bits per heavy atom. The van der Waals surface area contributed by atoms with Crippen molar-refractivity contribution in [2.45, 2.75) is 105 Å². The van der Waals surface area contributed by atoms with Gasteiger partial charge in [-0.3, -0.25) is 14.1 Å². The molecular weight excluding hydrogens is 585 g/mol. The van der Waals surface area contributed by atoms with Crippen molar-refractivity contribution in [1.29, 1.82) is 0 Å². The zero-order valence-electron chi connectivity index (χ0n) is 30.9. The van der Waals surface area contributed by atoms with E-state index in [-0.39, 0.29) is 21.7 Å². The Morgan fingerprint density at radius 1 is 0.375 bits per heavy atom. The molecule has 0 aliphatic rings. The molecule has 0 saturated carbocycles. The van der Waals surface area contributed by atoms with Crippen molar-refractivity contribution >= 4 is 43.6 Å². The van der Waals surface area contributed by atoms with Crippen molar-refractivity contribution in [3.8, 4) is 11.6 Å². The van der Waals surface area contributed by atoms with Crippen molar-refractivity contribution in [3.05, 3.63) is 107 Å². The van der Waals surface area contributed by atoms with E-state index in [0.29, 0.717) is 0 Å². The average molecular weight is 635 g/mol. The molecule has 0 fully saturated rings. The first-order chi connectivity index (χ1) is 22.3. The van der Waals surface area contributed by atoms with E-state index in [1.54, 1.807) is 0 Å². The van der Waals surface area contributed by atoms with Gasteiger partial charge >= 0.3 is 0 Å². The molecule has 0 amide bonds. The van der Waals surface area contributed by atoms with Gasteiger partial charge in [0.15, 0.2) is 11.6 Å². The summed E-state index contributed by atoms with van der Waals surface area (Å²) in [4.78, 5) is 10.3. The second-order valence-electron chi connectivity index (χ2n) is 17.8. The van der Waals surface area contributed by atoms with Crippen molar-refractivity contribution in [1.82, 2.24) is 19.1 Å². The molecule has 0 N–H and O–H groups in total. The zero-order chi connectivity index (χ0) is 34.6. The van der Waals surface area contributed by atoms with Crippen LogP contribution in [0.4, 0.5) is 0 Å². The van der Waals surface area contributed by atoms with Gasteiger partial charge in [-0.25, -0.2) is 4.98 Å². The van der Waals surface area contributed by atoms with Crippen LogP contribution in [0.5, 0.6) is 0 Å². The van der Waals surface area contributed by atoms with Crippen LogP contribution in [-0.2, 0) is 21.7 Å². The maximum Gasteiger partial charge on any atom is 0.158 e. The molecule has 48 heavy (non-hydrogen) atoms. The summed E-state index contributed by atoms with van der Waals surface area (Å²) < 4.78 is 4.59. The molecule has 3 aromatic heterocycles. The van der Waals surface area contributed by atoms with Gasteiger partial charge in [-0.15, -0.1) is 0 Å². The molecule has 7 rings (SSSR count). The van der Waals surface area contributed by atoms with Gasteiger partial charge in [0.25, 0.3) is 0 Å². The lowest BCUT2D eigenvalue weighted by Gasteiger charge is -2.19. The van der Waals surface area contributed by atoms with Crippen LogP contribution in [0.2, 0.25) is 0 Å². The van der Waals surface area contributed by atoms with E-state index in [0.717, 1.165) is 33.7 Å². The zero-order valence-corrected chi connectivity index (χ0v) is 30.9. The maximum absolute atomic E-state index is 5.41. The third kappa shape index (κ3) is 5.30. The first kappa shape index (κ1) is 32.1. The molecule has 4 aromatic carbocycles. The summed E-state index contributed by atoms with van der Waals surface area (Å²) in [7, 11) is 0. The minimum absolute atomic E-state index is 0.0419. The topological polar surface area (TPSA) is 35.6 Å². The van der Waals surface area contributed by atoms with E-state index in [9.17, 15) is 0 Å². The predicted octanol–water partition coefficient (Wildman–Crippen LogP) is 11.9. The Morgan fingerprint density at radius 2 is 0.625 bits per heavy atom. The van der Waals surface area contributed by atoms with Crippen molar-refractivity contribution in [2.24, 2.45) is 0 Å². The van der Waals surface area contributed by atoms with E-state index in [1.165, 1.54) is 43.8 Å². The minimum atomic E-state index is 0.0419. The summed E-state index contributed by atoms with van der Waals surface area (Å²) in [5.41, 5.74) is 10.0. The van der Waals surface area contributed by atoms with Crippen LogP contribution < -0.4 is 0 Å². The fraction of sp³-hybridized carbons (Fsp3) is 0.364. The lowest BCUT2D eigenvalue weighted by atomic mass is 9.85. The monoisotopic (exact) mass is 634 g/mol. The van der Waals surface area contributed by atoms with Gasteiger partial charge in [-0.1, -0.05) is 107 Å². The summed E-state index contributed by atoms with van der Waals surface area (Å²) >= 11 is 0. The standard InChI is InChI=1S/C44H50N4/c1-41(2,3)27-13-17-35-31(21-27)32-22-28(42(4,5)6)14-18-36(32)47(35)39-25-45-26-40(46-39)48-37-19-15-29(43(7,8)9)23-33(37)34-24-30(44(10,11)12)16-20-38(34)48/h13-26H,1-12H3. The van der Waals surface area contributed by atoms with Crippen LogP contribution in [0.25, 0.3) is 55.2 Å². The third-order valence-corrected chi connectivity index (χ3v) is 10.1. The number of benzene rings is 4. The van der Waals surface area contributed by atoms with Crippen LogP contribution in [-0.4, -0.2) is 19.1 Å². The molecule has 0 aliphatic carbocycles. The Bertz CT molecular complexity index is 2060. The summed E-state index contributed by atoms with van der Waals surface area (Å²) in [5, 5.41) is 4.99. The second kappa shape index (κ2) is 10.5. The minimum Gasteiger partial charge on any atom is -0.292 e. The maximum atomic E-state index is 5.41. The molecule has 0 aliphatic heterocycles. The Labute approximate surface area is 285 Å². The summed E-state index contributed by atoms with van der Waals surface area (Å²) in [6, 6.07) is 27.7. The average Bonchev–Trinajstić information content (AvgIpc) is 3.50. The fourth-order valence-electron chi connectivity index (χ4n) is 6.97. The van der Waals surface area contributed by atoms with Crippen LogP contribution in [0.1, 0.15) is 105 Å². The summed E-state index contributed by atoms with van der Waals surface area (Å²) in [6.45, 7) is 27.4. The number of hydrogen-bond acceptors (Lipinski definition) is 2. The van der Waals surface area contributed by atoms with Gasteiger partial charge < -0.3 is 0 Å². The van der Waals surface area contributed by atoms with Gasteiger partial charge in [0.1, 0.15) is 0 Å². The number of hydrogen-bond donors (Lipinski definition) is 0. The van der Waals surface area contributed by atoms with E-state index in [1.807, 2.05) is 12.4 Å². The Balaban J connectivity index is 1.51. The molecule has 7 aromatic rings. The van der Waals surface area contributed by atoms with E-state index < -0.39 is 0 Å². The molecule has 0 unspecified atom stereocenters. The predicted molar refractivity (Wildman–Crippen MR) is 206 cm³/mol. The smallest absolute Gasteiger partial charge is 0.158 e. The molecule has 0 radical (unpaired) electrons. The lowest BCUT2D eigenvalue weighted by Crippen LogP contribution is -2.10. The molecule has 4 nitrogen and oxygen atoms in total. The number of rotatable bonds is 2. The lowest BCUT2D eigenvalue weighted by molar-refractivity contribution is 0.590. The second-order valence-corrected chi connectivity index (χ2v) is 17.8. The normalized spacial score (nSPS) is 13.4. The largest absolute Gasteiger partial charge is 0.292 e. The number of aromatic nitrogens is 4. The van der Waals surface area contributed by atoms with Crippen LogP contribution in [0.15, 0.2) is 85.2 Å². The molecule has 246 valence electrons. The third-order valence-electron chi connectivity index (χ3n) is 10.1. The fourth-order valence-corrected chi connectivity index (χ4v) is 6.97. The molecule has 0 atom stereocenters. The summed E-state index contributed by atoms with van der Waals surface area (Å²) in [6.07, 6.45) is 3.81. The molecule has 0 spiro atoms. The van der Waals surface area contributed by atoms with Gasteiger partial charge in [-0.05, 0) is 92.4 Å². The van der Waals surface area contributed by atoms with Crippen LogP contribution >= 0.6 is 0 Å². The van der Waals surface area contributed by atoms with E-state index in [2.05, 4.69) is 165 Å². The highest BCUT2D eigenvalue weighted by Crippen LogP contribution is 2.39. The van der Waals surface area contributed by atoms with Crippen molar-refractivity contribution in [2.75, 3.05) is 0 Å². The van der Waals surface area contributed by atoms with Gasteiger partial charge in [-0.2, -0.15) is 0 Å². The number of nitrogens with zero attached hydrogens (tertiary/aromatic N) is 4. The van der Waals surface area contributed by atoms with Gasteiger partial charge in [0.2, 0.25) is 0 Å². The number of fused-ring (bicyclic) bond motifs is 6. The molecule has 3 heterocycles. The van der Waals surface area contributed by atoms with E-state index >= 15 is 0 Å². The van der Waals surface area contributed by atoms with Crippen molar-refractivity contribution < 1.29 is 0 Å². The summed E-state index contributed by atoms with van der Waals surface area (Å²) in [5.74, 6) is 1.62. The highest BCUT2D eigenvalue weighted by Gasteiger charge is 2.24. The van der Waals surface area contributed by atoms with Gasteiger partial charge in [0, 0.05) is 21.5 Å². The van der Waals surface area contributed by atoms with Gasteiger partial charge in [0.05, 0.1) is 34.5 Å². The molecular formula is C44H50N4. The van der Waals surface area contributed by atoms with Crippen LogP contribution in [0.3, 0.4) is 0 Å². The Hall–Kier alpha value is -4.44. The molecule has 0 saturated heterocycles. The first-order valence-electron chi connectivity index (χ1n) is 17.3. The Kier molecular flexibility index (Phi) is 7.05. The highest BCUT2D eigenvalue weighted by atomic mass is 15.2. The molecule has 0 bridgehead atoms. The SMILES string of the molecule is CC(C)(C)c1ccc2c(c1)c1cc(C(C)(C)C)ccc1n2-c1cncc(-n2c3ccc(C(C)(C)C)cc3c3cc(C(C)(C)C)ccc32)n1. The highest BCUT2D eigenvalue weighted by molar-refractivity contribution is 6.11. The molecule has 4 heteroatoms. The first-order valence-corrected chi connectivity index (χ1v) is 17.3.